The summed E-state index contributed by atoms with van der Waals surface area (Å²) in [5, 5.41) is 0. The molecular formula is C11H23NOS. The van der Waals surface area contributed by atoms with Gasteiger partial charge in [0.15, 0.2) is 0 Å². The highest BCUT2D eigenvalue weighted by Crippen LogP contribution is 2.05. The fourth-order valence-corrected chi connectivity index (χ4v) is 1.51. The Kier molecular flexibility index (Phi) is 9.31. The maximum absolute atomic E-state index is 5.55. The predicted molar refractivity (Wildman–Crippen MR) is 65.5 cm³/mol. The summed E-state index contributed by atoms with van der Waals surface area (Å²) in [6.45, 7) is 6.18. The van der Waals surface area contributed by atoms with E-state index >= 15 is 0 Å². The molecular weight excluding hydrogens is 194 g/mol. The molecule has 0 aliphatic rings. The van der Waals surface area contributed by atoms with Gasteiger partial charge in [-0.15, -0.1) is 0 Å². The molecule has 1 atom stereocenters. The highest BCUT2D eigenvalue weighted by Gasteiger charge is 1.99. The lowest BCUT2D eigenvalue weighted by Crippen LogP contribution is -2.09. The molecule has 84 valence electrons. The van der Waals surface area contributed by atoms with Gasteiger partial charge in [0.05, 0.1) is 4.99 Å². The van der Waals surface area contributed by atoms with Crippen molar-refractivity contribution >= 4 is 17.2 Å². The Morgan fingerprint density at radius 1 is 1.43 bits per heavy atom. The number of unbranched alkanes of at least 4 members (excludes halogenated alkanes) is 1. The zero-order valence-corrected chi connectivity index (χ0v) is 10.2. The van der Waals surface area contributed by atoms with Crippen LogP contribution in [-0.4, -0.2) is 18.2 Å². The molecule has 0 aliphatic heterocycles. The molecule has 0 saturated carbocycles. The third kappa shape index (κ3) is 9.93. The van der Waals surface area contributed by atoms with E-state index in [-0.39, 0.29) is 0 Å². The lowest BCUT2D eigenvalue weighted by atomic mass is 10.1. The molecule has 2 nitrogen and oxygen atoms in total. The number of thiocarbonyl (C=S) groups is 1. The molecule has 14 heavy (non-hydrogen) atoms. The molecule has 2 N–H and O–H groups in total. The second-order valence-electron chi connectivity index (χ2n) is 3.89. The Bertz CT molecular complexity index is 150. The molecule has 0 fully saturated rings. The van der Waals surface area contributed by atoms with Gasteiger partial charge >= 0.3 is 0 Å². The van der Waals surface area contributed by atoms with Gasteiger partial charge < -0.3 is 10.5 Å². The van der Waals surface area contributed by atoms with E-state index in [4.69, 9.17) is 22.7 Å². The maximum Gasteiger partial charge on any atom is 0.0727 e. The van der Waals surface area contributed by atoms with E-state index in [0.717, 1.165) is 32.5 Å². The number of rotatable bonds is 9. The summed E-state index contributed by atoms with van der Waals surface area (Å²) >= 11 is 4.79. The van der Waals surface area contributed by atoms with Crippen molar-refractivity contribution in [3.63, 3.8) is 0 Å². The quantitative estimate of drug-likeness (QED) is 0.476. The first-order valence-corrected chi connectivity index (χ1v) is 5.93. The normalized spacial score (nSPS) is 12.7. The third-order valence-electron chi connectivity index (χ3n) is 2.15. The number of hydrogen-bond donors (Lipinski definition) is 1. The Hall–Kier alpha value is -0.150. The summed E-state index contributed by atoms with van der Waals surface area (Å²) in [5.74, 6) is 0.690. The summed E-state index contributed by atoms with van der Waals surface area (Å²) in [6.07, 6.45) is 5.47. The summed E-state index contributed by atoms with van der Waals surface area (Å²) in [4.78, 5) is 0.615. The molecule has 0 heterocycles. The largest absolute Gasteiger partial charge is 0.393 e. The maximum atomic E-state index is 5.55. The number of ether oxygens (including phenoxy) is 1. The standard InChI is InChI=1S/C11H23NOS/c1-3-6-10(2)9-13-8-5-4-7-11(12)14/h10H,3-9H2,1-2H3,(H2,12,14). The van der Waals surface area contributed by atoms with Crippen molar-refractivity contribution in [2.24, 2.45) is 11.7 Å². The fourth-order valence-electron chi connectivity index (χ4n) is 1.36. The zero-order chi connectivity index (χ0) is 10.8. The molecule has 0 aromatic rings. The van der Waals surface area contributed by atoms with E-state index < -0.39 is 0 Å². The Balaban J connectivity index is 3.09. The van der Waals surface area contributed by atoms with E-state index in [1.165, 1.54) is 12.8 Å². The van der Waals surface area contributed by atoms with Crippen molar-refractivity contribution in [3.05, 3.63) is 0 Å². The summed E-state index contributed by atoms with van der Waals surface area (Å²) in [7, 11) is 0. The van der Waals surface area contributed by atoms with Crippen LogP contribution in [0.5, 0.6) is 0 Å². The minimum atomic E-state index is 0.615. The Morgan fingerprint density at radius 3 is 2.71 bits per heavy atom. The SMILES string of the molecule is CCCC(C)COCCCCC(N)=S. The monoisotopic (exact) mass is 217 g/mol. The van der Waals surface area contributed by atoms with Gasteiger partial charge in [0, 0.05) is 13.2 Å². The van der Waals surface area contributed by atoms with Gasteiger partial charge in [-0.3, -0.25) is 0 Å². The molecule has 1 unspecified atom stereocenters. The van der Waals surface area contributed by atoms with Crippen molar-refractivity contribution < 1.29 is 4.74 Å². The van der Waals surface area contributed by atoms with Crippen LogP contribution in [-0.2, 0) is 4.74 Å². The minimum absolute atomic E-state index is 0.615. The van der Waals surface area contributed by atoms with Gasteiger partial charge in [-0.25, -0.2) is 0 Å². The zero-order valence-electron chi connectivity index (χ0n) is 9.42. The van der Waals surface area contributed by atoms with Crippen LogP contribution in [0.2, 0.25) is 0 Å². The van der Waals surface area contributed by atoms with Crippen molar-refractivity contribution in [2.45, 2.75) is 46.0 Å². The lowest BCUT2D eigenvalue weighted by molar-refractivity contribution is 0.0990. The molecule has 0 aliphatic carbocycles. The summed E-state index contributed by atoms with van der Waals surface area (Å²) in [5.41, 5.74) is 5.39. The van der Waals surface area contributed by atoms with Gasteiger partial charge in [0.2, 0.25) is 0 Å². The van der Waals surface area contributed by atoms with E-state index in [9.17, 15) is 0 Å². The van der Waals surface area contributed by atoms with Crippen LogP contribution in [0.4, 0.5) is 0 Å². The van der Waals surface area contributed by atoms with Crippen molar-refractivity contribution in [1.82, 2.24) is 0 Å². The smallest absolute Gasteiger partial charge is 0.0727 e. The van der Waals surface area contributed by atoms with Crippen LogP contribution < -0.4 is 5.73 Å². The van der Waals surface area contributed by atoms with E-state index in [1.807, 2.05) is 0 Å². The first-order valence-electron chi connectivity index (χ1n) is 5.52. The molecule has 0 saturated heterocycles. The Morgan fingerprint density at radius 2 is 2.14 bits per heavy atom. The van der Waals surface area contributed by atoms with Crippen molar-refractivity contribution in [1.29, 1.82) is 0 Å². The van der Waals surface area contributed by atoms with Crippen LogP contribution in [0.1, 0.15) is 46.0 Å². The molecule has 0 amide bonds. The topological polar surface area (TPSA) is 35.2 Å². The molecule has 0 spiro atoms. The average molecular weight is 217 g/mol. The molecule has 0 radical (unpaired) electrons. The van der Waals surface area contributed by atoms with Gasteiger partial charge in [0.25, 0.3) is 0 Å². The van der Waals surface area contributed by atoms with Crippen molar-refractivity contribution in [2.75, 3.05) is 13.2 Å². The highest BCUT2D eigenvalue weighted by molar-refractivity contribution is 7.80. The van der Waals surface area contributed by atoms with Crippen molar-refractivity contribution in [3.8, 4) is 0 Å². The molecule has 0 bridgehead atoms. The number of nitrogens with two attached hydrogens (primary N) is 1. The van der Waals surface area contributed by atoms with Gasteiger partial charge in [0.1, 0.15) is 0 Å². The van der Waals surface area contributed by atoms with Gasteiger partial charge in [-0.2, -0.15) is 0 Å². The average Bonchev–Trinajstić information content (AvgIpc) is 2.11. The Labute approximate surface area is 93.2 Å². The minimum Gasteiger partial charge on any atom is -0.393 e. The van der Waals surface area contributed by atoms with Crippen LogP contribution in [0.25, 0.3) is 0 Å². The number of hydrogen-bond acceptors (Lipinski definition) is 2. The first kappa shape index (κ1) is 13.8. The molecule has 3 heteroatoms. The molecule has 0 aromatic heterocycles. The highest BCUT2D eigenvalue weighted by atomic mass is 32.1. The van der Waals surface area contributed by atoms with E-state index in [1.54, 1.807) is 0 Å². The van der Waals surface area contributed by atoms with E-state index in [2.05, 4.69) is 13.8 Å². The van der Waals surface area contributed by atoms with Crippen LogP contribution in [0.3, 0.4) is 0 Å². The summed E-state index contributed by atoms with van der Waals surface area (Å²) in [6, 6.07) is 0. The van der Waals surface area contributed by atoms with E-state index in [0.29, 0.717) is 10.9 Å². The first-order chi connectivity index (χ1) is 6.66. The molecule has 0 rings (SSSR count). The second kappa shape index (κ2) is 9.41. The van der Waals surface area contributed by atoms with Crippen LogP contribution in [0, 0.1) is 5.92 Å². The summed E-state index contributed by atoms with van der Waals surface area (Å²) < 4.78 is 5.55. The third-order valence-corrected chi connectivity index (χ3v) is 2.35. The van der Waals surface area contributed by atoms with Crippen LogP contribution in [0.15, 0.2) is 0 Å². The second-order valence-corrected chi connectivity index (χ2v) is 4.42. The van der Waals surface area contributed by atoms with Gasteiger partial charge in [-0.1, -0.05) is 32.5 Å². The van der Waals surface area contributed by atoms with Gasteiger partial charge in [-0.05, 0) is 31.6 Å². The predicted octanol–water partition coefficient (Wildman–Crippen LogP) is 2.90. The van der Waals surface area contributed by atoms with Crippen LogP contribution >= 0.6 is 12.2 Å². The molecule has 0 aromatic carbocycles. The lowest BCUT2D eigenvalue weighted by Gasteiger charge is -2.10. The fraction of sp³-hybridized carbons (Fsp3) is 0.909.